The van der Waals surface area contributed by atoms with Crippen molar-refractivity contribution in [3.8, 4) is 0 Å². The van der Waals surface area contributed by atoms with Gasteiger partial charge in [0, 0.05) is 0 Å². The fourth-order valence-electron chi connectivity index (χ4n) is 3.23. The number of rotatable bonds is 7. The average Bonchev–Trinajstić information content (AvgIpc) is 2.72. The second kappa shape index (κ2) is 9.13. The first-order chi connectivity index (χ1) is 14.3. The van der Waals surface area contributed by atoms with Gasteiger partial charge in [-0.15, -0.1) is 0 Å². The SMILES string of the molecule is Cc1ccc([C@H](C)NC(=O)c2ccccc2N(Cc2ccccc2)S(C)(=O)=O)cc1. The molecule has 3 aromatic carbocycles. The fraction of sp³-hybridized carbons (Fsp3) is 0.208. The summed E-state index contributed by atoms with van der Waals surface area (Å²) in [6.45, 7) is 4.07. The van der Waals surface area contributed by atoms with Gasteiger partial charge in [0.1, 0.15) is 0 Å². The number of hydrogen-bond donors (Lipinski definition) is 1. The van der Waals surface area contributed by atoms with Gasteiger partial charge in [-0.3, -0.25) is 9.10 Å². The van der Waals surface area contributed by atoms with Crippen molar-refractivity contribution < 1.29 is 13.2 Å². The second-order valence-corrected chi connectivity index (χ2v) is 9.29. The number of para-hydroxylation sites is 1. The number of nitrogens with one attached hydrogen (secondary N) is 1. The van der Waals surface area contributed by atoms with Crippen molar-refractivity contribution in [2.24, 2.45) is 0 Å². The molecule has 0 aliphatic carbocycles. The van der Waals surface area contributed by atoms with Crippen LogP contribution in [0.25, 0.3) is 0 Å². The summed E-state index contributed by atoms with van der Waals surface area (Å²) in [5.41, 5.74) is 3.64. The van der Waals surface area contributed by atoms with Gasteiger partial charge in [-0.25, -0.2) is 8.42 Å². The number of nitrogens with zero attached hydrogens (tertiary/aromatic N) is 1. The number of aryl methyl sites for hydroxylation is 1. The molecule has 3 rings (SSSR count). The zero-order chi connectivity index (χ0) is 21.7. The Labute approximate surface area is 178 Å². The van der Waals surface area contributed by atoms with Gasteiger partial charge in [-0.2, -0.15) is 0 Å². The number of carbonyl (C=O) groups excluding carboxylic acids is 1. The van der Waals surface area contributed by atoms with E-state index in [9.17, 15) is 13.2 Å². The quantitative estimate of drug-likeness (QED) is 0.612. The summed E-state index contributed by atoms with van der Waals surface area (Å²) in [5, 5.41) is 2.98. The van der Waals surface area contributed by atoms with Crippen LogP contribution in [0.5, 0.6) is 0 Å². The summed E-state index contributed by atoms with van der Waals surface area (Å²) in [5.74, 6) is -0.319. The lowest BCUT2D eigenvalue weighted by Gasteiger charge is -2.25. The van der Waals surface area contributed by atoms with E-state index in [1.165, 1.54) is 4.31 Å². The number of amides is 1. The lowest BCUT2D eigenvalue weighted by molar-refractivity contribution is 0.0940. The largest absolute Gasteiger partial charge is 0.345 e. The first-order valence-corrected chi connectivity index (χ1v) is 11.6. The van der Waals surface area contributed by atoms with Crippen LogP contribution in [0.2, 0.25) is 0 Å². The molecule has 1 amide bonds. The molecule has 0 aromatic heterocycles. The molecular weight excluding hydrogens is 396 g/mol. The van der Waals surface area contributed by atoms with E-state index in [0.717, 1.165) is 22.9 Å². The molecule has 0 saturated heterocycles. The van der Waals surface area contributed by atoms with Gasteiger partial charge >= 0.3 is 0 Å². The van der Waals surface area contributed by atoms with Crippen molar-refractivity contribution in [1.82, 2.24) is 5.32 Å². The zero-order valence-electron chi connectivity index (χ0n) is 17.4. The van der Waals surface area contributed by atoms with Crippen LogP contribution in [0.3, 0.4) is 0 Å². The Morgan fingerprint density at radius 2 is 1.53 bits per heavy atom. The van der Waals surface area contributed by atoms with Crippen LogP contribution in [0.1, 0.15) is 40.0 Å². The summed E-state index contributed by atoms with van der Waals surface area (Å²) < 4.78 is 26.4. The maximum atomic E-state index is 13.1. The van der Waals surface area contributed by atoms with E-state index in [0.29, 0.717) is 11.3 Å². The topological polar surface area (TPSA) is 66.5 Å². The molecule has 0 fully saturated rings. The van der Waals surface area contributed by atoms with E-state index in [1.807, 2.05) is 68.4 Å². The normalized spacial score (nSPS) is 12.2. The van der Waals surface area contributed by atoms with Crippen molar-refractivity contribution >= 4 is 21.6 Å². The lowest BCUT2D eigenvalue weighted by Crippen LogP contribution is -2.33. The average molecular weight is 423 g/mol. The van der Waals surface area contributed by atoms with Crippen molar-refractivity contribution in [2.75, 3.05) is 10.6 Å². The Hall–Kier alpha value is -3.12. The molecule has 0 radical (unpaired) electrons. The molecule has 1 atom stereocenters. The summed E-state index contributed by atoms with van der Waals surface area (Å²) in [6, 6.07) is 23.8. The van der Waals surface area contributed by atoms with E-state index in [2.05, 4.69) is 5.32 Å². The molecule has 0 heterocycles. The van der Waals surface area contributed by atoms with Crippen LogP contribution < -0.4 is 9.62 Å². The molecule has 0 unspecified atom stereocenters. The standard InChI is InChI=1S/C24H26N2O3S/c1-18-13-15-21(16-14-18)19(2)25-24(27)22-11-7-8-12-23(22)26(30(3,28)29)17-20-9-5-4-6-10-20/h4-16,19H,17H2,1-3H3,(H,25,27)/t19-/m0/s1. The van der Waals surface area contributed by atoms with E-state index in [4.69, 9.17) is 0 Å². The van der Waals surface area contributed by atoms with Crippen molar-refractivity contribution in [1.29, 1.82) is 0 Å². The fourth-order valence-corrected chi connectivity index (χ4v) is 4.13. The molecule has 0 bridgehead atoms. The zero-order valence-corrected chi connectivity index (χ0v) is 18.2. The third-order valence-electron chi connectivity index (χ3n) is 4.91. The van der Waals surface area contributed by atoms with Crippen molar-refractivity contribution in [3.63, 3.8) is 0 Å². The van der Waals surface area contributed by atoms with Crippen molar-refractivity contribution in [3.05, 3.63) is 101 Å². The van der Waals surface area contributed by atoms with Crippen LogP contribution in [0.15, 0.2) is 78.9 Å². The van der Waals surface area contributed by atoms with E-state index >= 15 is 0 Å². The Bertz CT molecular complexity index is 1110. The van der Waals surface area contributed by atoms with Crippen molar-refractivity contribution in [2.45, 2.75) is 26.4 Å². The molecular formula is C24H26N2O3S. The van der Waals surface area contributed by atoms with E-state index < -0.39 is 10.0 Å². The smallest absolute Gasteiger partial charge is 0.253 e. The number of benzene rings is 3. The molecule has 0 aliphatic heterocycles. The Kier molecular flexibility index (Phi) is 6.57. The highest BCUT2D eigenvalue weighted by atomic mass is 32.2. The van der Waals surface area contributed by atoms with E-state index in [-0.39, 0.29) is 18.5 Å². The lowest BCUT2D eigenvalue weighted by atomic mass is 10.1. The maximum Gasteiger partial charge on any atom is 0.253 e. The minimum Gasteiger partial charge on any atom is -0.345 e. The van der Waals surface area contributed by atoms with Crippen LogP contribution in [-0.2, 0) is 16.6 Å². The Morgan fingerprint density at radius 1 is 0.933 bits per heavy atom. The van der Waals surface area contributed by atoms with Gasteiger partial charge in [0.05, 0.1) is 30.1 Å². The van der Waals surface area contributed by atoms with Gasteiger partial charge < -0.3 is 5.32 Å². The molecule has 0 aliphatic rings. The Balaban J connectivity index is 1.91. The van der Waals surface area contributed by atoms with Crippen LogP contribution >= 0.6 is 0 Å². The number of hydrogen-bond acceptors (Lipinski definition) is 3. The minimum atomic E-state index is -3.60. The Morgan fingerprint density at radius 3 is 2.17 bits per heavy atom. The highest BCUT2D eigenvalue weighted by molar-refractivity contribution is 7.92. The highest BCUT2D eigenvalue weighted by Crippen LogP contribution is 2.26. The number of carbonyl (C=O) groups is 1. The van der Waals surface area contributed by atoms with Gasteiger partial charge in [0.2, 0.25) is 10.0 Å². The van der Waals surface area contributed by atoms with Crippen LogP contribution in [0.4, 0.5) is 5.69 Å². The third kappa shape index (κ3) is 5.27. The van der Waals surface area contributed by atoms with Crippen LogP contribution in [0, 0.1) is 6.92 Å². The summed E-state index contributed by atoms with van der Waals surface area (Å²) >= 11 is 0. The molecule has 1 N–H and O–H groups in total. The molecule has 156 valence electrons. The maximum absolute atomic E-state index is 13.1. The molecule has 6 heteroatoms. The first-order valence-electron chi connectivity index (χ1n) is 9.74. The van der Waals surface area contributed by atoms with Gasteiger partial charge in [0.25, 0.3) is 5.91 Å². The first kappa shape index (κ1) is 21.6. The predicted octanol–water partition coefficient (Wildman–Crippen LogP) is 4.45. The summed E-state index contributed by atoms with van der Waals surface area (Å²) in [6.07, 6.45) is 1.15. The van der Waals surface area contributed by atoms with Gasteiger partial charge in [0.15, 0.2) is 0 Å². The van der Waals surface area contributed by atoms with Crippen LogP contribution in [-0.4, -0.2) is 20.6 Å². The highest BCUT2D eigenvalue weighted by Gasteiger charge is 2.24. The van der Waals surface area contributed by atoms with E-state index in [1.54, 1.807) is 24.3 Å². The number of sulfonamides is 1. The third-order valence-corrected chi connectivity index (χ3v) is 6.04. The molecule has 30 heavy (non-hydrogen) atoms. The minimum absolute atomic E-state index is 0.150. The predicted molar refractivity (Wildman–Crippen MR) is 121 cm³/mol. The molecule has 0 saturated carbocycles. The molecule has 3 aromatic rings. The molecule has 0 spiro atoms. The summed E-state index contributed by atoms with van der Waals surface area (Å²) in [4.78, 5) is 13.1. The molecule has 5 nitrogen and oxygen atoms in total. The summed E-state index contributed by atoms with van der Waals surface area (Å²) in [7, 11) is -3.60. The second-order valence-electron chi connectivity index (χ2n) is 7.38. The number of anilines is 1. The monoisotopic (exact) mass is 422 g/mol. The van der Waals surface area contributed by atoms with Gasteiger partial charge in [-0.05, 0) is 37.1 Å². The van der Waals surface area contributed by atoms with Gasteiger partial charge in [-0.1, -0.05) is 72.3 Å².